The van der Waals surface area contributed by atoms with E-state index in [9.17, 15) is 9.90 Å². The number of carbonyl (C=O) groups is 1. The second-order valence-electron chi connectivity index (χ2n) is 4.67. The highest BCUT2D eigenvalue weighted by Gasteiger charge is 2.28. The van der Waals surface area contributed by atoms with E-state index in [-0.39, 0.29) is 17.3 Å². The van der Waals surface area contributed by atoms with E-state index in [4.69, 9.17) is 16.7 Å². The van der Waals surface area contributed by atoms with Gasteiger partial charge >= 0.3 is 5.97 Å². The molecule has 0 aliphatic heterocycles. The van der Waals surface area contributed by atoms with E-state index in [1.807, 2.05) is 4.90 Å². The summed E-state index contributed by atoms with van der Waals surface area (Å²) in [6.07, 6.45) is 3.78. The largest absolute Gasteiger partial charge is 0.478 e. The van der Waals surface area contributed by atoms with Gasteiger partial charge in [-0.1, -0.05) is 11.6 Å². The number of hydrogen-bond acceptors (Lipinski definition) is 4. The SMILES string of the molecule is O=C(O)c1ccc(Cl)nc1N(CCCO)C1CCC1. The van der Waals surface area contributed by atoms with Gasteiger partial charge in [0.15, 0.2) is 0 Å². The average molecular weight is 285 g/mol. The van der Waals surface area contributed by atoms with Crippen molar-refractivity contribution in [3.63, 3.8) is 0 Å². The minimum Gasteiger partial charge on any atom is -0.478 e. The summed E-state index contributed by atoms with van der Waals surface area (Å²) in [5, 5.41) is 18.5. The number of aliphatic hydroxyl groups is 1. The van der Waals surface area contributed by atoms with Gasteiger partial charge in [-0.25, -0.2) is 9.78 Å². The van der Waals surface area contributed by atoms with Crippen LogP contribution in [0.4, 0.5) is 5.82 Å². The third kappa shape index (κ3) is 3.16. The van der Waals surface area contributed by atoms with Crippen molar-refractivity contribution in [3.05, 3.63) is 22.8 Å². The molecule has 104 valence electrons. The molecule has 1 aromatic heterocycles. The van der Waals surface area contributed by atoms with Gasteiger partial charge in [-0.15, -0.1) is 0 Å². The molecule has 0 bridgehead atoms. The molecule has 0 aromatic carbocycles. The fourth-order valence-corrected chi connectivity index (χ4v) is 2.36. The first-order valence-electron chi connectivity index (χ1n) is 6.41. The quantitative estimate of drug-likeness (QED) is 0.783. The fraction of sp³-hybridized carbons (Fsp3) is 0.538. The number of aliphatic hydroxyl groups excluding tert-OH is 1. The normalized spacial score (nSPS) is 15.1. The average Bonchev–Trinajstić information content (AvgIpc) is 2.31. The van der Waals surface area contributed by atoms with Crippen LogP contribution in [0.15, 0.2) is 12.1 Å². The van der Waals surface area contributed by atoms with Crippen LogP contribution >= 0.6 is 11.6 Å². The Labute approximate surface area is 116 Å². The Bertz CT molecular complexity index is 463. The smallest absolute Gasteiger partial charge is 0.339 e. The first-order chi connectivity index (χ1) is 9.13. The molecule has 1 aromatic rings. The summed E-state index contributed by atoms with van der Waals surface area (Å²) in [4.78, 5) is 17.4. The van der Waals surface area contributed by atoms with Crippen molar-refractivity contribution in [1.82, 2.24) is 4.98 Å². The number of rotatable bonds is 6. The van der Waals surface area contributed by atoms with Crippen LogP contribution in [0.2, 0.25) is 5.15 Å². The number of hydrogen-bond donors (Lipinski definition) is 2. The lowest BCUT2D eigenvalue weighted by atomic mass is 9.91. The Morgan fingerprint density at radius 2 is 2.21 bits per heavy atom. The number of carboxylic acids is 1. The highest BCUT2D eigenvalue weighted by atomic mass is 35.5. The van der Waals surface area contributed by atoms with Gasteiger partial charge in [0, 0.05) is 19.2 Å². The number of nitrogens with zero attached hydrogens (tertiary/aromatic N) is 2. The zero-order valence-electron chi connectivity index (χ0n) is 10.5. The molecule has 2 rings (SSSR count). The van der Waals surface area contributed by atoms with Gasteiger partial charge in [0.1, 0.15) is 16.5 Å². The number of anilines is 1. The first-order valence-corrected chi connectivity index (χ1v) is 6.78. The maximum absolute atomic E-state index is 11.3. The van der Waals surface area contributed by atoms with E-state index in [1.165, 1.54) is 12.1 Å². The van der Waals surface area contributed by atoms with Crippen LogP contribution in [-0.4, -0.2) is 40.4 Å². The molecular weight excluding hydrogens is 268 g/mol. The molecule has 0 atom stereocenters. The summed E-state index contributed by atoms with van der Waals surface area (Å²) in [6, 6.07) is 3.27. The summed E-state index contributed by atoms with van der Waals surface area (Å²) in [5.74, 6) is -0.592. The Morgan fingerprint density at radius 1 is 1.47 bits per heavy atom. The summed E-state index contributed by atoms with van der Waals surface area (Å²) >= 11 is 5.89. The zero-order valence-corrected chi connectivity index (χ0v) is 11.3. The summed E-state index contributed by atoms with van der Waals surface area (Å²) in [5.41, 5.74) is 0.161. The molecule has 0 spiro atoms. The van der Waals surface area contributed by atoms with Crippen LogP contribution in [0.25, 0.3) is 0 Å². The number of aromatic carboxylic acids is 1. The topological polar surface area (TPSA) is 73.7 Å². The maximum Gasteiger partial charge on any atom is 0.339 e. The molecule has 5 nitrogen and oxygen atoms in total. The van der Waals surface area contributed by atoms with Gasteiger partial charge in [0.05, 0.1) is 0 Å². The van der Waals surface area contributed by atoms with Gasteiger partial charge in [-0.05, 0) is 37.8 Å². The minimum atomic E-state index is -1.01. The van der Waals surface area contributed by atoms with Crippen LogP contribution in [-0.2, 0) is 0 Å². The predicted molar refractivity (Wildman–Crippen MR) is 72.9 cm³/mol. The first kappa shape index (κ1) is 14.1. The van der Waals surface area contributed by atoms with Crippen molar-refractivity contribution in [1.29, 1.82) is 0 Å². The third-order valence-corrected chi connectivity index (χ3v) is 3.63. The number of aromatic nitrogens is 1. The second-order valence-corrected chi connectivity index (χ2v) is 5.05. The van der Waals surface area contributed by atoms with Crippen LogP contribution < -0.4 is 4.90 Å². The standard InChI is InChI=1S/C13H17ClN2O3/c14-11-6-5-10(13(18)19)12(15-11)16(7-2-8-17)9-3-1-4-9/h5-6,9,17H,1-4,7-8H2,(H,18,19). The van der Waals surface area contributed by atoms with Gasteiger partial charge in [0.25, 0.3) is 0 Å². The highest BCUT2D eigenvalue weighted by Crippen LogP contribution is 2.31. The molecule has 1 aliphatic rings. The number of carboxylic acid groups (broad SMARTS) is 1. The van der Waals surface area contributed by atoms with E-state index >= 15 is 0 Å². The lowest BCUT2D eigenvalue weighted by molar-refractivity contribution is 0.0697. The van der Waals surface area contributed by atoms with Gasteiger partial charge in [-0.3, -0.25) is 0 Å². The Balaban J connectivity index is 2.33. The van der Waals surface area contributed by atoms with E-state index in [0.29, 0.717) is 24.8 Å². The molecule has 1 fully saturated rings. The van der Waals surface area contributed by atoms with Gasteiger partial charge in [0.2, 0.25) is 0 Å². The number of pyridine rings is 1. The molecule has 0 saturated heterocycles. The third-order valence-electron chi connectivity index (χ3n) is 3.42. The summed E-state index contributed by atoms with van der Waals surface area (Å²) in [6.45, 7) is 0.668. The molecule has 1 aliphatic carbocycles. The van der Waals surface area contributed by atoms with E-state index in [0.717, 1.165) is 19.3 Å². The van der Waals surface area contributed by atoms with Crippen molar-refractivity contribution < 1.29 is 15.0 Å². The lowest BCUT2D eigenvalue weighted by Gasteiger charge is -2.39. The zero-order chi connectivity index (χ0) is 13.8. The van der Waals surface area contributed by atoms with E-state index < -0.39 is 5.97 Å². The van der Waals surface area contributed by atoms with Crippen LogP contribution in [0, 0.1) is 0 Å². The van der Waals surface area contributed by atoms with Crippen molar-refractivity contribution >= 4 is 23.4 Å². The van der Waals surface area contributed by atoms with Crippen molar-refractivity contribution in [2.45, 2.75) is 31.7 Å². The second kappa shape index (κ2) is 6.21. The number of halogens is 1. The Morgan fingerprint density at radius 3 is 2.74 bits per heavy atom. The summed E-state index contributed by atoms with van der Waals surface area (Å²) < 4.78 is 0. The van der Waals surface area contributed by atoms with Crippen LogP contribution in [0.3, 0.4) is 0 Å². The minimum absolute atomic E-state index is 0.0756. The van der Waals surface area contributed by atoms with E-state index in [2.05, 4.69) is 4.98 Å². The van der Waals surface area contributed by atoms with Crippen LogP contribution in [0.1, 0.15) is 36.0 Å². The highest BCUT2D eigenvalue weighted by molar-refractivity contribution is 6.29. The lowest BCUT2D eigenvalue weighted by Crippen LogP contribution is -2.42. The van der Waals surface area contributed by atoms with Crippen LogP contribution in [0.5, 0.6) is 0 Å². The van der Waals surface area contributed by atoms with Crippen molar-refractivity contribution in [2.24, 2.45) is 0 Å². The molecule has 0 unspecified atom stereocenters. The summed E-state index contributed by atoms with van der Waals surface area (Å²) in [7, 11) is 0. The molecule has 6 heteroatoms. The molecule has 0 radical (unpaired) electrons. The van der Waals surface area contributed by atoms with Gasteiger partial charge < -0.3 is 15.1 Å². The Kier molecular flexibility index (Phi) is 4.61. The molecule has 0 amide bonds. The fourth-order valence-electron chi connectivity index (χ4n) is 2.21. The molecule has 2 N–H and O–H groups in total. The molecule has 1 saturated carbocycles. The Hall–Kier alpha value is -1.33. The van der Waals surface area contributed by atoms with Gasteiger partial charge in [-0.2, -0.15) is 0 Å². The molecular formula is C13H17ClN2O3. The van der Waals surface area contributed by atoms with Crippen molar-refractivity contribution in [2.75, 3.05) is 18.1 Å². The van der Waals surface area contributed by atoms with Crippen molar-refractivity contribution in [3.8, 4) is 0 Å². The predicted octanol–water partition coefficient (Wildman–Crippen LogP) is 2.17. The molecule has 19 heavy (non-hydrogen) atoms. The maximum atomic E-state index is 11.3. The monoisotopic (exact) mass is 284 g/mol. The van der Waals surface area contributed by atoms with E-state index in [1.54, 1.807) is 0 Å². The molecule has 1 heterocycles.